The smallest absolute Gasteiger partial charge is 0.310 e. The van der Waals surface area contributed by atoms with E-state index in [1.807, 2.05) is 6.07 Å². The van der Waals surface area contributed by atoms with E-state index in [9.17, 15) is 14.9 Å². The van der Waals surface area contributed by atoms with Crippen molar-refractivity contribution in [2.24, 2.45) is 0 Å². The Kier molecular flexibility index (Phi) is 3.39. The lowest BCUT2D eigenvalue weighted by molar-refractivity contribution is -0.142. The van der Waals surface area contributed by atoms with Gasteiger partial charge < -0.3 is 9.15 Å². The number of nitriles is 1. The molecule has 0 fully saturated rings. The third kappa shape index (κ3) is 2.13. The molecule has 0 atom stereocenters. The summed E-state index contributed by atoms with van der Waals surface area (Å²) in [6.07, 6.45) is -0.139. The molecule has 3 aromatic rings. The molecule has 6 heteroatoms. The molecular weight excluding hydrogens is 284 g/mol. The molecule has 6 nitrogen and oxygen atoms in total. The molecule has 110 valence electrons. The molecule has 2 heterocycles. The third-order valence-electron chi connectivity index (χ3n) is 3.32. The fraction of sp³-hybridized carbons (Fsp3) is 0.188. The standard InChI is InChI=1S/C16H12N2O4/c1-2-21-15(20)8-10-7-14(19)18-12-5-3-4-6-13(12)22-16(18)11(10)9-17/h3-7H,2,8H2,1H3. The lowest BCUT2D eigenvalue weighted by Crippen LogP contribution is -2.17. The highest BCUT2D eigenvalue weighted by Gasteiger charge is 2.18. The summed E-state index contributed by atoms with van der Waals surface area (Å²) in [5.74, 6) is -0.487. The van der Waals surface area contributed by atoms with Crippen molar-refractivity contribution in [3.63, 3.8) is 0 Å². The number of aromatic nitrogens is 1. The summed E-state index contributed by atoms with van der Waals surface area (Å²) in [7, 11) is 0. The van der Waals surface area contributed by atoms with Gasteiger partial charge in [-0.05, 0) is 24.6 Å². The van der Waals surface area contributed by atoms with E-state index in [0.29, 0.717) is 16.7 Å². The van der Waals surface area contributed by atoms with E-state index in [0.717, 1.165) is 0 Å². The van der Waals surface area contributed by atoms with Crippen molar-refractivity contribution in [3.8, 4) is 6.07 Å². The fourth-order valence-electron chi connectivity index (χ4n) is 2.42. The molecule has 0 bridgehead atoms. The van der Waals surface area contributed by atoms with E-state index in [4.69, 9.17) is 9.15 Å². The Morgan fingerprint density at radius 3 is 2.91 bits per heavy atom. The minimum Gasteiger partial charge on any atom is -0.466 e. The maximum Gasteiger partial charge on any atom is 0.310 e. The van der Waals surface area contributed by atoms with Crippen molar-refractivity contribution in [1.29, 1.82) is 5.26 Å². The van der Waals surface area contributed by atoms with Gasteiger partial charge in [0.15, 0.2) is 5.58 Å². The second-order valence-electron chi connectivity index (χ2n) is 4.69. The number of pyridine rings is 1. The molecule has 0 radical (unpaired) electrons. The van der Waals surface area contributed by atoms with Crippen LogP contribution in [0.3, 0.4) is 0 Å². The third-order valence-corrected chi connectivity index (χ3v) is 3.32. The Hall–Kier alpha value is -3.07. The van der Waals surface area contributed by atoms with Gasteiger partial charge in [0.1, 0.15) is 11.6 Å². The highest BCUT2D eigenvalue weighted by atomic mass is 16.5. The van der Waals surface area contributed by atoms with E-state index in [1.54, 1.807) is 31.2 Å². The van der Waals surface area contributed by atoms with Crippen LogP contribution in [0.25, 0.3) is 16.8 Å². The minimum absolute atomic E-state index is 0.139. The van der Waals surface area contributed by atoms with Gasteiger partial charge in [0.2, 0.25) is 5.71 Å². The topological polar surface area (TPSA) is 84.7 Å². The van der Waals surface area contributed by atoms with Crippen LogP contribution in [0.2, 0.25) is 0 Å². The molecule has 0 aliphatic carbocycles. The van der Waals surface area contributed by atoms with Crippen LogP contribution in [-0.2, 0) is 16.0 Å². The average molecular weight is 296 g/mol. The molecule has 22 heavy (non-hydrogen) atoms. The fourth-order valence-corrected chi connectivity index (χ4v) is 2.42. The highest BCUT2D eigenvalue weighted by Crippen LogP contribution is 2.23. The van der Waals surface area contributed by atoms with Gasteiger partial charge in [-0.3, -0.25) is 9.59 Å². The zero-order chi connectivity index (χ0) is 15.7. The number of rotatable bonds is 3. The number of carbonyl (C=O) groups excluding carboxylic acids is 1. The number of para-hydroxylation sites is 2. The average Bonchev–Trinajstić information content (AvgIpc) is 2.87. The highest BCUT2D eigenvalue weighted by molar-refractivity contribution is 5.80. The molecule has 0 amide bonds. The Bertz CT molecular complexity index is 975. The van der Waals surface area contributed by atoms with Crippen LogP contribution in [0.5, 0.6) is 0 Å². The Morgan fingerprint density at radius 1 is 1.41 bits per heavy atom. The van der Waals surface area contributed by atoms with Gasteiger partial charge in [0.25, 0.3) is 5.56 Å². The van der Waals surface area contributed by atoms with E-state index < -0.39 is 5.97 Å². The number of benzene rings is 1. The first-order chi connectivity index (χ1) is 10.7. The van der Waals surface area contributed by atoms with Crippen LogP contribution in [0.15, 0.2) is 39.5 Å². The summed E-state index contributed by atoms with van der Waals surface area (Å²) < 4.78 is 11.8. The molecule has 0 saturated carbocycles. The lowest BCUT2D eigenvalue weighted by atomic mass is 10.1. The van der Waals surface area contributed by atoms with Crippen LogP contribution in [0.1, 0.15) is 18.1 Å². The number of oxazole rings is 1. The molecule has 1 aromatic carbocycles. The van der Waals surface area contributed by atoms with Crippen molar-refractivity contribution >= 4 is 22.8 Å². The molecular formula is C16H12N2O4. The molecule has 2 aromatic heterocycles. The number of carbonyl (C=O) groups is 1. The van der Waals surface area contributed by atoms with E-state index in [-0.39, 0.29) is 29.9 Å². The second-order valence-corrected chi connectivity index (χ2v) is 4.69. The van der Waals surface area contributed by atoms with Crippen molar-refractivity contribution in [1.82, 2.24) is 4.40 Å². The number of esters is 1. The molecule has 0 N–H and O–H groups in total. The van der Waals surface area contributed by atoms with Gasteiger partial charge in [-0.2, -0.15) is 5.26 Å². The van der Waals surface area contributed by atoms with E-state index in [2.05, 4.69) is 0 Å². The zero-order valence-corrected chi connectivity index (χ0v) is 11.8. The first-order valence-corrected chi connectivity index (χ1v) is 6.77. The molecule has 0 spiro atoms. The zero-order valence-electron chi connectivity index (χ0n) is 11.8. The van der Waals surface area contributed by atoms with Gasteiger partial charge in [-0.15, -0.1) is 0 Å². The van der Waals surface area contributed by atoms with Gasteiger partial charge in [0.05, 0.1) is 18.5 Å². The first-order valence-electron chi connectivity index (χ1n) is 6.77. The summed E-state index contributed by atoms with van der Waals surface area (Å²) in [4.78, 5) is 24.0. The van der Waals surface area contributed by atoms with E-state index >= 15 is 0 Å². The van der Waals surface area contributed by atoms with Crippen LogP contribution in [0, 0.1) is 11.3 Å². The minimum atomic E-state index is -0.487. The Labute approximate surface area is 125 Å². The van der Waals surface area contributed by atoms with Crippen LogP contribution < -0.4 is 5.56 Å². The summed E-state index contributed by atoms with van der Waals surface area (Å²) in [5.41, 5.74) is 1.37. The largest absolute Gasteiger partial charge is 0.466 e. The van der Waals surface area contributed by atoms with Gasteiger partial charge in [-0.25, -0.2) is 4.40 Å². The Balaban J connectivity index is 2.28. The van der Waals surface area contributed by atoms with E-state index in [1.165, 1.54) is 10.5 Å². The molecule has 0 aliphatic rings. The first kappa shape index (κ1) is 13.9. The number of nitrogens with zero attached hydrogens (tertiary/aromatic N) is 2. The molecule has 0 aliphatic heterocycles. The predicted molar refractivity (Wildman–Crippen MR) is 78.5 cm³/mol. The van der Waals surface area contributed by atoms with Crippen LogP contribution in [-0.4, -0.2) is 17.0 Å². The normalized spacial score (nSPS) is 10.7. The maximum atomic E-state index is 12.3. The second kappa shape index (κ2) is 5.37. The summed E-state index contributed by atoms with van der Waals surface area (Å²) in [5, 5.41) is 9.40. The van der Waals surface area contributed by atoms with Gasteiger partial charge in [-0.1, -0.05) is 12.1 Å². The lowest BCUT2D eigenvalue weighted by Gasteiger charge is -2.04. The maximum absolute atomic E-state index is 12.3. The monoisotopic (exact) mass is 296 g/mol. The summed E-state index contributed by atoms with van der Waals surface area (Å²) in [6.45, 7) is 1.94. The number of fused-ring (bicyclic) bond motifs is 3. The van der Waals surface area contributed by atoms with Crippen LogP contribution in [0.4, 0.5) is 0 Å². The summed E-state index contributed by atoms with van der Waals surface area (Å²) in [6, 6.07) is 10.3. The van der Waals surface area contributed by atoms with Crippen molar-refractivity contribution in [2.45, 2.75) is 13.3 Å². The number of hydrogen-bond acceptors (Lipinski definition) is 5. The molecule has 0 saturated heterocycles. The number of hydrogen-bond donors (Lipinski definition) is 0. The SMILES string of the molecule is CCOC(=O)Cc1cc(=O)n2c(oc3ccccc32)c1C#N. The molecule has 3 rings (SSSR count). The van der Waals surface area contributed by atoms with Crippen molar-refractivity contribution < 1.29 is 13.9 Å². The van der Waals surface area contributed by atoms with Gasteiger partial charge >= 0.3 is 5.97 Å². The van der Waals surface area contributed by atoms with Gasteiger partial charge in [0, 0.05) is 6.07 Å². The van der Waals surface area contributed by atoms with Crippen molar-refractivity contribution in [2.75, 3.05) is 6.61 Å². The quantitative estimate of drug-likeness (QED) is 0.690. The van der Waals surface area contributed by atoms with Crippen LogP contribution >= 0.6 is 0 Å². The number of ether oxygens (including phenoxy) is 1. The summed E-state index contributed by atoms with van der Waals surface area (Å²) >= 11 is 0. The van der Waals surface area contributed by atoms with Crippen molar-refractivity contribution in [3.05, 3.63) is 51.8 Å². The Morgan fingerprint density at radius 2 is 2.18 bits per heavy atom. The predicted octanol–water partition coefficient (Wildman–Crippen LogP) is 2.02. The molecule has 0 unspecified atom stereocenters.